The molecule has 0 unspecified atom stereocenters. The van der Waals surface area contributed by atoms with Crippen molar-refractivity contribution >= 4 is 158 Å². The number of thiazole rings is 6. The molecule has 12 heteroatoms. The zero-order valence-corrected chi connectivity index (χ0v) is 53.4. The lowest BCUT2D eigenvalue weighted by molar-refractivity contribution is 0.579. The highest BCUT2D eigenvalue weighted by Crippen LogP contribution is 2.40. The van der Waals surface area contributed by atoms with Crippen LogP contribution in [-0.4, -0.2) is 29.9 Å². The van der Waals surface area contributed by atoms with E-state index in [1.165, 1.54) is 0 Å². The van der Waals surface area contributed by atoms with Crippen LogP contribution in [0.25, 0.3) is 89.5 Å². The molecule has 13 rings (SSSR count). The Kier molecular flexibility index (Phi) is 14.6. The van der Waals surface area contributed by atoms with Gasteiger partial charge in [0, 0.05) is 64.8 Å². The maximum atomic E-state index is 5.35. The smallest absolute Gasteiger partial charge is 0.124 e. The Morgan fingerprint density at radius 1 is 0.192 bits per heavy atom. The van der Waals surface area contributed by atoms with E-state index in [0.717, 1.165) is 124 Å². The normalized spacial score (nSPS) is 13.0. The Labute approximate surface area is 484 Å². The molecule has 10 aromatic heterocycles. The van der Waals surface area contributed by atoms with Gasteiger partial charge in [-0.05, 0) is 36.4 Å². The van der Waals surface area contributed by atoms with Gasteiger partial charge in [0.05, 0.1) is 62.4 Å². The predicted molar refractivity (Wildman–Crippen MR) is 350 cm³/mol. The molecule has 18 bridgehead atoms. The van der Waals surface area contributed by atoms with Gasteiger partial charge < -0.3 is 0 Å². The van der Waals surface area contributed by atoms with Crippen LogP contribution in [0.15, 0.2) is 109 Å². The van der Waals surface area contributed by atoms with E-state index in [4.69, 9.17) is 29.9 Å². The van der Waals surface area contributed by atoms with Crippen molar-refractivity contribution in [3.63, 3.8) is 0 Å². The molecule has 0 spiro atoms. The van der Waals surface area contributed by atoms with E-state index < -0.39 is 0 Å². The SMILES string of the molecule is CC(C)(C)c1nc2sc1ccc1sc(nc1C(C)(C)C)c1ccc(cc1)c1nc(C(C)(C)C)c(ccc3sc(nc3C(C)(C)C)c3ccc(cc3)c3nc(C(C)(C)C)c(ccc4sc(nc4C(C)(C)C)c4ccc2cc4)s3)s1. The van der Waals surface area contributed by atoms with Crippen molar-refractivity contribution in [2.24, 2.45) is 0 Å². The third-order valence-corrected chi connectivity index (χ3v) is 19.9. The molecule has 13 aromatic rings. The third-order valence-electron chi connectivity index (χ3n) is 13.5. The summed E-state index contributed by atoms with van der Waals surface area (Å²) in [5.41, 5.74) is 5.59. The lowest BCUT2D eigenvalue weighted by Gasteiger charge is -2.16. The number of aromatic nitrogens is 6. The molecule has 0 amide bonds. The quantitative estimate of drug-likeness (QED) is 0.151. The summed E-state index contributed by atoms with van der Waals surface area (Å²) >= 11 is 10.5. The van der Waals surface area contributed by atoms with E-state index in [1.807, 2.05) is 0 Å². The van der Waals surface area contributed by atoms with Gasteiger partial charge >= 0.3 is 0 Å². The summed E-state index contributed by atoms with van der Waals surface area (Å²) in [5, 5.41) is 6.59. The van der Waals surface area contributed by atoms with Crippen LogP contribution < -0.4 is 0 Å². The van der Waals surface area contributed by atoms with Gasteiger partial charge in [-0.2, -0.15) is 0 Å². The van der Waals surface area contributed by atoms with Crippen molar-refractivity contribution in [3.8, 4) is 0 Å². The number of fused-ring (bicyclic) bond motifs is 3. The highest BCUT2D eigenvalue weighted by atomic mass is 32.1. The van der Waals surface area contributed by atoms with Crippen molar-refractivity contribution in [2.75, 3.05) is 0 Å². The molecule has 402 valence electrons. The van der Waals surface area contributed by atoms with Crippen molar-refractivity contribution in [3.05, 3.63) is 143 Å². The summed E-state index contributed by atoms with van der Waals surface area (Å²) < 4.78 is 6.97. The monoisotopic (exact) mass is 1140 g/mol. The number of benzene rings is 3. The van der Waals surface area contributed by atoms with Crippen LogP contribution in [0.3, 0.4) is 0 Å². The second kappa shape index (κ2) is 20.3. The number of nitrogens with zero attached hydrogens (tertiary/aromatic N) is 6. The molecule has 0 N–H and O–H groups in total. The van der Waals surface area contributed by atoms with Gasteiger partial charge in [-0.15, -0.1) is 68.0 Å². The van der Waals surface area contributed by atoms with Gasteiger partial charge in [-0.25, -0.2) is 29.9 Å². The molecule has 10 heterocycles. The molecule has 0 aliphatic rings. The van der Waals surface area contributed by atoms with Crippen molar-refractivity contribution in [1.82, 2.24) is 29.9 Å². The molecule has 3 aromatic carbocycles. The Morgan fingerprint density at radius 2 is 0.308 bits per heavy atom. The van der Waals surface area contributed by atoms with Gasteiger partial charge in [-0.3, -0.25) is 0 Å². The second-order valence-electron chi connectivity index (χ2n) is 26.6. The van der Waals surface area contributed by atoms with Crippen LogP contribution in [0.4, 0.5) is 0 Å². The maximum absolute atomic E-state index is 5.35. The highest BCUT2D eigenvalue weighted by molar-refractivity contribution is 7.26. The first-order valence-corrected chi connectivity index (χ1v) is 31.7. The molecular weight excluding hydrogens is 1070 g/mol. The summed E-state index contributed by atoms with van der Waals surface area (Å²) in [6.45, 7) is 40.6. The number of hydrogen-bond donors (Lipinski definition) is 0. The Morgan fingerprint density at radius 3 is 0.410 bits per heavy atom. The molecule has 78 heavy (non-hydrogen) atoms. The average Bonchev–Trinajstić information content (AvgIpc) is 4.24. The maximum Gasteiger partial charge on any atom is 0.124 e. The molecule has 0 saturated carbocycles. The van der Waals surface area contributed by atoms with E-state index in [1.54, 1.807) is 68.0 Å². The largest absolute Gasteiger partial charge is 0.240 e. The van der Waals surface area contributed by atoms with Gasteiger partial charge in [0.2, 0.25) is 0 Å². The van der Waals surface area contributed by atoms with Crippen LogP contribution >= 0.6 is 68.0 Å². The topological polar surface area (TPSA) is 77.3 Å². The van der Waals surface area contributed by atoms with Gasteiger partial charge in [0.1, 0.15) is 29.0 Å². The fourth-order valence-electron chi connectivity index (χ4n) is 9.35. The number of rotatable bonds is 0. The first kappa shape index (κ1) is 56.0. The van der Waals surface area contributed by atoms with Crippen molar-refractivity contribution < 1.29 is 0 Å². The summed E-state index contributed by atoms with van der Waals surface area (Å²) in [5.74, 6) is 0. The predicted octanol–water partition coefficient (Wildman–Crippen LogP) is 21.6. The fourth-order valence-corrected chi connectivity index (χ4v) is 16.5. The molecule has 0 fully saturated rings. The van der Waals surface area contributed by atoms with E-state index in [-0.39, 0.29) is 32.5 Å². The summed E-state index contributed by atoms with van der Waals surface area (Å²) in [7, 11) is 0. The molecular formula is C66H72N6S6. The first-order valence-electron chi connectivity index (χ1n) is 26.8. The van der Waals surface area contributed by atoms with Crippen LogP contribution in [0, 0.1) is 0 Å². The fraction of sp³-hybridized carbons (Fsp3) is 0.364. The Hall–Kier alpha value is -5.34. The van der Waals surface area contributed by atoms with E-state index in [2.05, 4.69) is 234 Å². The molecule has 0 saturated heterocycles. The van der Waals surface area contributed by atoms with E-state index in [9.17, 15) is 0 Å². The standard InChI is InChI=1S/C66H72N6S6/c1-61(2,3)49-43-31-32-44-50(62(4,5)6)68-56(74-44)39-23-25-40(26-24-39)58-70-53(65(13,14)15)47(76-58)35-36-48-54(66(16,17)18)72-60(78-48)42-29-27-41(28-30-42)59-71-52(64(10,11)12)46(77-59)34-33-45-51(63(7,8)9)69-57(75-45)38-21-19-37(20-22-38)55(67-49)73-43/h19-36H,1-18H3. The van der Waals surface area contributed by atoms with Crippen LogP contribution in [0.1, 0.15) is 159 Å². The zero-order valence-electron chi connectivity index (χ0n) is 48.5. The zero-order chi connectivity index (χ0) is 56.1. The third kappa shape index (κ3) is 11.6. The van der Waals surface area contributed by atoms with E-state index in [0.29, 0.717) is 0 Å². The van der Waals surface area contributed by atoms with Crippen molar-refractivity contribution in [1.29, 1.82) is 0 Å². The van der Waals surface area contributed by atoms with Crippen LogP contribution in [0.2, 0.25) is 0 Å². The highest BCUT2D eigenvalue weighted by Gasteiger charge is 2.26. The van der Waals surface area contributed by atoms with Crippen LogP contribution in [-0.2, 0) is 32.5 Å². The Balaban J connectivity index is 1.25. The van der Waals surface area contributed by atoms with Crippen LogP contribution in [0.5, 0.6) is 0 Å². The Bertz CT molecular complexity index is 3560. The summed E-state index contributed by atoms with van der Waals surface area (Å²) in [6.07, 6.45) is 0. The van der Waals surface area contributed by atoms with Crippen molar-refractivity contribution in [2.45, 2.75) is 157 Å². The minimum Gasteiger partial charge on any atom is -0.240 e. The van der Waals surface area contributed by atoms with E-state index >= 15 is 0 Å². The lowest BCUT2D eigenvalue weighted by Crippen LogP contribution is -2.12. The lowest BCUT2D eigenvalue weighted by atomic mass is 9.91. The molecule has 0 atom stereocenters. The molecule has 0 radical (unpaired) electrons. The number of hydrogen-bond acceptors (Lipinski definition) is 12. The first-order chi connectivity index (χ1) is 36.4. The minimum atomic E-state index is -0.160. The summed E-state index contributed by atoms with van der Waals surface area (Å²) in [6, 6.07) is 40.1. The molecule has 0 aliphatic heterocycles. The average molecular weight is 1140 g/mol. The molecule has 6 nitrogen and oxygen atoms in total. The summed E-state index contributed by atoms with van der Waals surface area (Å²) in [4.78, 5) is 38.1. The molecule has 0 aliphatic carbocycles. The van der Waals surface area contributed by atoms with Gasteiger partial charge in [0.15, 0.2) is 0 Å². The minimum absolute atomic E-state index is 0.160. The van der Waals surface area contributed by atoms with Gasteiger partial charge in [0.25, 0.3) is 0 Å². The van der Waals surface area contributed by atoms with Gasteiger partial charge in [-0.1, -0.05) is 197 Å². The second-order valence-corrected chi connectivity index (χ2v) is 32.8.